The van der Waals surface area contributed by atoms with E-state index in [0.29, 0.717) is 10.7 Å². The molecule has 94 valence electrons. The summed E-state index contributed by atoms with van der Waals surface area (Å²) in [5, 5.41) is 0.323. The number of halogens is 3. The van der Waals surface area contributed by atoms with Crippen molar-refractivity contribution in [3.05, 3.63) is 64.4 Å². The SMILES string of the molecule is NNC(c1cccc(F)c1F)c1ncccc1Cl. The summed E-state index contributed by atoms with van der Waals surface area (Å²) < 4.78 is 26.9. The van der Waals surface area contributed by atoms with Gasteiger partial charge in [0.1, 0.15) is 0 Å². The second kappa shape index (κ2) is 5.39. The monoisotopic (exact) mass is 269 g/mol. The molecule has 0 bridgehead atoms. The van der Waals surface area contributed by atoms with E-state index in [-0.39, 0.29) is 5.56 Å². The summed E-state index contributed by atoms with van der Waals surface area (Å²) in [5.41, 5.74) is 2.78. The molecule has 3 N–H and O–H groups in total. The first-order valence-corrected chi connectivity index (χ1v) is 5.53. The van der Waals surface area contributed by atoms with E-state index in [2.05, 4.69) is 10.4 Å². The molecule has 1 aromatic heterocycles. The maximum Gasteiger partial charge on any atom is 0.164 e. The molecule has 1 atom stereocenters. The van der Waals surface area contributed by atoms with Crippen LogP contribution in [0, 0.1) is 11.6 Å². The first-order chi connectivity index (χ1) is 8.65. The van der Waals surface area contributed by atoms with E-state index in [1.165, 1.54) is 18.3 Å². The molecule has 1 heterocycles. The molecule has 0 saturated carbocycles. The summed E-state index contributed by atoms with van der Waals surface area (Å²) in [6.45, 7) is 0. The second-order valence-corrected chi connectivity index (χ2v) is 4.02. The molecule has 3 nitrogen and oxygen atoms in total. The summed E-state index contributed by atoms with van der Waals surface area (Å²) in [4.78, 5) is 4.03. The number of nitrogens with two attached hydrogens (primary N) is 1. The Kier molecular flexibility index (Phi) is 3.86. The molecule has 2 aromatic rings. The van der Waals surface area contributed by atoms with Crippen LogP contribution in [0.25, 0.3) is 0 Å². The number of rotatable bonds is 3. The Morgan fingerprint density at radius 3 is 2.67 bits per heavy atom. The van der Waals surface area contributed by atoms with Crippen molar-refractivity contribution < 1.29 is 8.78 Å². The van der Waals surface area contributed by atoms with Gasteiger partial charge in [-0.05, 0) is 18.2 Å². The van der Waals surface area contributed by atoms with Gasteiger partial charge in [0.25, 0.3) is 0 Å². The van der Waals surface area contributed by atoms with Gasteiger partial charge in [-0.25, -0.2) is 14.2 Å². The van der Waals surface area contributed by atoms with Crippen molar-refractivity contribution in [2.75, 3.05) is 0 Å². The number of benzene rings is 1. The van der Waals surface area contributed by atoms with Crippen molar-refractivity contribution in [2.45, 2.75) is 6.04 Å². The molecule has 0 radical (unpaired) electrons. The van der Waals surface area contributed by atoms with Crippen molar-refractivity contribution in [3.8, 4) is 0 Å². The molecule has 18 heavy (non-hydrogen) atoms. The van der Waals surface area contributed by atoms with Crippen LogP contribution in [-0.4, -0.2) is 4.98 Å². The molecular formula is C12H10ClF2N3. The number of pyridine rings is 1. The molecule has 0 aliphatic heterocycles. The number of hydrazine groups is 1. The van der Waals surface area contributed by atoms with Crippen molar-refractivity contribution in [1.29, 1.82) is 0 Å². The Morgan fingerprint density at radius 1 is 1.22 bits per heavy atom. The summed E-state index contributed by atoms with van der Waals surface area (Å²) in [6.07, 6.45) is 1.50. The van der Waals surface area contributed by atoms with Crippen molar-refractivity contribution in [2.24, 2.45) is 5.84 Å². The first kappa shape index (κ1) is 12.9. The van der Waals surface area contributed by atoms with Crippen molar-refractivity contribution in [3.63, 3.8) is 0 Å². The average Bonchev–Trinajstić information content (AvgIpc) is 2.37. The van der Waals surface area contributed by atoms with Gasteiger partial charge < -0.3 is 0 Å². The fourth-order valence-electron chi connectivity index (χ4n) is 1.67. The van der Waals surface area contributed by atoms with E-state index >= 15 is 0 Å². The van der Waals surface area contributed by atoms with Gasteiger partial charge in [-0.3, -0.25) is 10.8 Å². The van der Waals surface area contributed by atoms with Crippen LogP contribution >= 0.6 is 11.6 Å². The highest BCUT2D eigenvalue weighted by atomic mass is 35.5. The van der Waals surface area contributed by atoms with Crippen molar-refractivity contribution in [1.82, 2.24) is 10.4 Å². The number of nitrogens with zero attached hydrogens (tertiary/aromatic N) is 1. The largest absolute Gasteiger partial charge is 0.271 e. The van der Waals surface area contributed by atoms with Gasteiger partial charge in [0.2, 0.25) is 0 Å². The Morgan fingerprint density at radius 2 is 2.00 bits per heavy atom. The van der Waals surface area contributed by atoms with E-state index in [4.69, 9.17) is 17.4 Å². The van der Waals surface area contributed by atoms with Crippen LogP contribution in [0.3, 0.4) is 0 Å². The Bertz CT molecular complexity index is 563. The Balaban J connectivity index is 2.53. The zero-order valence-corrected chi connectivity index (χ0v) is 9.96. The molecule has 0 aliphatic carbocycles. The molecule has 0 amide bonds. The van der Waals surface area contributed by atoms with E-state index in [1.54, 1.807) is 12.1 Å². The third-order valence-corrected chi connectivity index (χ3v) is 2.84. The maximum atomic E-state index is 13.7. The lowest BCUT2D eigenvalue weighted by atomic mass is 10.0. The normalized spacial score (nSPS) is 12.4. The van der Waals surface area contributed by atoms with Gasteiger partial charge in [0.15, 0.2) is 11.6 Å². The lowest BCUT2D eigenvalue weighted by Crippen LogP contribution is -2.30. The molecule has 1 unspecified atom stereocenters. The van der Waals surface area contributed by atoms with Gasteiger partial charge in [0, 0.05) is 11.8 Å². The van der Waals surface area contributed by atoms with Gasteiger partial charge in [0.05, 0.1) is 16.8 Å². The van der Waals surface area contributed by atoms with Crippen LogP contribution in [0.15, 0.2) is 36.5 Å². The van der Waals surface area contributed by atoms with Gasteiger partial charge >= 0.3 is 0 Å². The first-order valence-electron chi connectivity index (χ1n) is 5.15. The van der Waals surface area contributed by atoms with Crippen LogP contribution in [0.4, 0.5) is 8.78 Å². The third-order valence-electron chi connectivity index (χ3n) is 2.52. The highest BCUT2D eigenvalue weighted by molar-refractivity contribution is 6.31. The van der Waals surface area contributed by atoms with E-state index in [1.807, 2.05) is 0 Å². The number of nitrogens with one attached hydrogen (secondary N) is 1. The van der Waals surface area contributed by atoms with E-state index in [9.17, 15) is 8.78 Å². The van der Waals surface area contributed by atoms with Gasteiger partial charge in [-0.15, -0.1) is 0 Å². The Labute approximate surface area is 108 Å². The predicted molar refractivity (Wildman–Crippen MR) is 64.8 cm³/mol. The lowest BCUT2D eigenvalue weighted by molar-refractivity contribution is 0.481. The minimum Gasteiger partial charge on any atom is -0.271 e. The topological polar surface area (TPSA) is 50.9 Å². The van der Waals surface area contributed by atoms with Crippen molar-refractivity contribution >= 4 is 11.6 Å². The zero-order chi connectivity index (χ0) is 13.1. The average molecular weight is 270 g/mol. The lowest BCUT2D eigenvalue weighted by Gasteiger charge is -2.17. The molecule has 6 heteroatoms. The van der Waals surface area contributed by atoms with Gasteiger partial charge in [-0.2, -0.15) is 0 Å². The highest BCUT2D eigenvalue weighted by Crippen LogP contribution is 2.28. The van der Waals surface area contributed by atoms with Crippen LogP contribution in [0.5, 0.6) is 0 Å². The smallest absolute Gasteiger partial charge is 0.164 e. The summed E-state index contributed by atoms with van der Waals surface area (Å²) in [5.74, 6) is 3.47. The molecule has 2 rings (SSSR count). The van der Waals surface area contributed by atoms with E-state index in [0.717, 1.165) is 6.07 Å². The molecule has 0 aliphatic rings. The van der Waals surface area contributed by atoms with Gasteiger partial charge in [-0.1, -0.05) is 23.7 Å². The fraction of sp³-hybridized carbons (Fsp3) is 0.0833. The number of hydrogen-bond donors (Lipinski definition) is 2. The molecule has 1 aromatic carbocycles. The van der Waals surface area contributed by atoms with Crippen LogP contribution in [0.1, 0.15) is 17.3 Å². The standard InChI is InChI=1S/C12H10ClF2N3/c13-8-4-2-6-17-12(8)11(18-16)7-3-1-5-9(14)10(7)15/h1-6,11,18H,16H2. The molecular weight excluding hydrogens is 260 g/mol. The molecule has 0 saturated heterocycles. The third kappa shape index (κ3) is 2.33. The summed E-state index contributed by atoms with van der Waals surface area (Å²) in [7, 11) is 0. The highest BCUT2D eigenvalue weighted by Gasteiger charge is 2.21. The van der Waals surface area contributed by atoms with Crippen LogP contribution < -0.4 is 11.3 Å². The number of aromatic nitrogens is 1. The summed E-state index contributed by atoms with van der Waals surface area (Å²) >= 11 is 5.97. The molecule has 0 spiro atoms. The zero-order valence-electron chi connectivity index (χ0n) is 9.20. The van der Waals surface area contributed by atoms with Crippen LogP contribution in [0.2, 0.25) is 5.02 Å². The minimum atomic E-state index is -0.970. The second-order valence-electron chi connectivity index (χ2n) is 3.61. The summed E-state index contributed by atoms with van der Waals surface area (Å²) in [6, 6.07) is 6.29. The predicted octanol–water partition coefficient (Wildman–Crippen LogP) is 2.57. The fourth-order valence-corrected chi connectivity index (χ4v) is 1.90. The molecule has 0 fully saturated rings. The minimum absolute atomic E-state index is 0.0538. The van der Waals surface area contributed by atoms with E-state index < -0.39 is 17.7 Å². The maximum absolute atomic E-state index is 13.7. The van der Waals surface area contributed by atoms with Crippen LogP contribution in [-0.2, 0) is 0 Å². The Hall–Kier alpha value is -1.56. The number of hydrogen-bond acceptors (Lipinski definition) is 3. The quantitative estimate of drug-likeness (QED) is 0.665.